The summed E-state index contributed by atoms with van der Waals surface area (Å²) in [6.45, 7) is 0. The maximum absolute atomic E-state index is 10.4. The molecular formula is C11H9ClN4O. The minimum Gasteiger partial charge on any atom is -0.350 e. The zero-order valence-electron chi connectivity index (χ0n) is 8.72. The second kappa shape index (κ2) is 4.80. The van der Waals surface area contributed by atoms with Crippen LogP contribution in [0, 0.1) is 0 Å². The van der Waals surface area contributed by atoms with Gasteiger partial charge in [0.05, 0.1) is 6.21 Å². The molecule has 0 saturated carbocycles. The third kappa shape index (κ3) is 2.70. The fraction of sp³-hybridized carbons (Fsp3) is 0. The Morgan fingerprint density at radius 1 is 1.47 bits per heavy atom. The SMILES string of the molecule is NC(=O)NN=Cc1ccc2c(Cl)nccc2c1. The van der Waals surface area contributed by atoms with Gasteiger partial charge in [-0.1, -0.05) is 23.7 Å². The van der Waals surface area contributed by atoms with Crippen molar-refractivity contribution < 1.29 is 4.79 Å². The van der Waals surface area contributed by atoms with Crippen molar-refractivity contribution in [2.45, 2.75) is 0 Å². The average molecular weight is 249 g/mol. The molecule has 0 unspecified atom stereocenters. The van der Waals surface area contributed by atoms with E-state index in [0.717, 1.165) is 16.3 Å². The Hall–Kier alpha value is -2.14. The van der Waals surface area contributed by atoms with E-state index in [1.807, 2.05) is 24.3 Å². The van der Waals surface area contributed by atoms with E-state index in [-0.39, 0.29) is 0 Å². The van der Waals surface area contributed by atoms with Gasteiger partial charge < -0.3 is 5.73 Å². The largest absolute Gasteiger partial charge is 0.350 e. The van der Waals surface area contributed by atoms with E-state index >= 15 is 0 Å². The monoisotopic (exact) mass is 248 g/mol. The van der Waals surface area contributed by atoms with Crippen molar-refractivity contribution in [2.24, 2.45) is 10.8 Å². The lowest BCUT2D eigenvalue weighted by Crippen LogP contribution is -2.24. The van der Waals surface area contributed by atoms with Crippen LogP contribution in [-0.4, -0.2) is 17.2 Å². The van der Waals surface area contributed by atoms with Gasteiger partial charge in [0.25, 0.3) is 0 Å². The number of rotatable bonds is 2. The van der Waals surface area contributed by atoms with Gasteiger partial charge in [-0.3, -0.25) is 0 Å². The number of hydrogen-bond acceptors (Lipinski definition) is 3. The molecule has 6 heteroatoms. The van der Waals surface area contributed by atoms with Crippen LogP contribution in [0.4, 0.5) is 4.79 Å². The highest BCUT2D eigenvalue weighted by molar-refractivity contribution is 6.34. The van der Waals surface area contributed by atoms with Crippen LogP contribution in [-0.2, 0) is 0 Å². The van der Waals surface area contributed by atoms with Gasteiger partial charge in [0, 0.05) is 11.6 Å². The third-order valence-electron chi connectivity index (χ3n) is 2.13. The molecule has 2 amide bonds. The molecule has 5 nitrogen and oxygen atoms in total. The van der Waals surface area contributed by atoms with Crippen LogP contribution in [0.15, 0.2) is 35.6 Å². The number of urea groups is 1. The summed E-state index contributed by atoms with van der Waals surface area (Å²) in [4.78, 5) is 14.4. The molecule has 0 fully saturated rings. The van der Waals surface area contributed by atoms with E-state index in [2.05, 4.69) is 15.5 Å². The smallest absolute Gasteiger partial charge is 0.332 e. The highest BCUT2D eigenvalue weighted by Crippen LogP contribution is 2.21. The second-order valence-corrected chi connectivity index (χ2v) is 3.67. The molecule has 2 aromatic rings. The van der Waals surface area contributed by atoms with Crippen LogP contribution in [0.5, 0.6) is 0 Å². The molecule has 0 aliphatic rings. The Morgan fingerprint density at radius 2 is 2.29 bits per heavy atom. The summed E-state index contributed by atoms with van der Waals surface area (Å²) in [5, 5.41) is 5.95. The van der Waals surface area contributed by atoms with Crippen molar-refractivity contribution in [3.05, 3.63) is 41.2 Å². The fourth-order valence-corrected chi connectivity index (χ4v) is 1.64. The minimum atomic E-state index is -0.700. The number of pyridine rings is 1. The quantitative estimate of drug-likeness (QED) is 0.483. The molecule has 0 spiro atoms. The lowest BCUT2D eigenvalue weighted by Gasteiger charge is -2.00. The maximum atomic E-state index is 10.4. The molecule has 86 valence electrons. The maximum Gasteiger partial charge on any atom is 0.332 e. The molecule has 0 aliphatic heterocycles. The first-order valence-electron chi connectivity index (χ1n) is 4.79. The highest BCUT2D eigenvalue weighted by Gasteiger charge is 1.99. The number of hydrazone groups is 1. The number of halogens is 1. The number of nitrogens with one attached hydrogen (secondary N) is 1. The zero-order chi connectivity index (χ0) is 12.3. The van der Waals surface area contributed by atoms with Gasteiger partial charge in [-0.15, -0.1) is 0 Å². The first-order chi connectivity index (χ1) is 8.16. The molecule has 1 aromatic carbocycles. The van der Waals surface area contributed by atoms with Crippen molar-refractivity contribution in [1.29, 1.82) is 0 Å². The summed E-state index contributed by atoms with van der Waals surface area (Å²) in [6.07, 6.45) is 3.13. The predicted molar refractivity (Wildman–Crippen MR) is 67.1 cm³/mol. The van der Waals surface area contributed by atoms with E-state index in [9.17, 15) is 4.79 Å². The van der Waals surface area contributed by atoms with Crippen molar-refractivity contribution in [3.63, 3.8) is 0 Å². The van der Waals surface area contributed by atoms with E-state index in [1.165, 1.54) is 6.21 Å². The number of amides is 2. The average Bonchev–Trinajstić information content (AvgIpc) is 2.29. The Kier molecular flexibility index (Phi) is 3.20. The van der Waals surface area contributed by atoms with E-state index in [0.29, 0.717) is 5.15 Å². The summed E-state index contributed by atoms with van der Waals surface area (Å²) in [6, 6.07) is 6.70. The van der Waals surface area contributed by atoms with Gasteiger partial charge >= 0.3 is 6.03 Å². The molecule has 0 saturated heterocycles. The van der Waals surface area contributed by atoms with Crippen molar-refractivity contribution >= 4 is 34.6 Å². The number of nitrogens with zero attached hydrogens (tertiary/aromatic N) is 2. The van der Waals surface area contributed by atoms with Crippen molar-refractivity contribution in [2.75, 3.05) is 0 Å². The summed E-state index contributed by atoms with van der Waals surface area (Å²) >= 11 is 5.94. The van der Waals surface area contributed by atoms with Crippen LogP contribution in [0.2, 0.25) is 5.15 Å². The van der Waals surface area contributed by atoms with Crippen LogP contribution >= 0.6 is 11.6 Å². The van der Waals surface area contributed by atoms with Gasteiger partial charge in [-0.25, -0.2) is 15.2 Å². The van der Waals surface area contributed by atoms with Crippen LogP contribution in [0.25, 0.3) is 10.8 Å². The summed E-state index contributed by atoms with van der Waals surface area (Å²) in [5.41, 5.74) is 7.83. The van der Waals surface area contributed by atoms with Gasteiger partial charge in [-0.2, -0.15) is 5.10 Å². The summed E-state index contributed by atoms with van der Waals surface area (Å²) in [7, 11) is 0. The lowest BCUT2D eigenvalue weighted by atomic mass is 10.1. The molecule has 1 heterocycles. The lowest BCUT2D eigenvalue weighted by molar-refractivity contribution is 0.249. The molecule has 3 N–H and O–H groups in total. The van der Waals surface area contributed by atoms with Gasteiger partial charge in [0.1, 0.15) is 5.15 Å². The molecule has 0 atom stereocenters. The fourth-order valence-electron chi connectivity index (χ4n) is 1.41. The molecule has 0 aliphatic carbocycles. The number of nitrogens with two attached hydrogens (primary N) is 1. The summed E-state index contributed by atoms with van der Waals surface area (Å²) in [5.74, 6) is 0. The number of hydrogen-bond donors (Lipinski definition) is 2. The van der Waals surface area contributed by atoms with Gasteiger partial charge in [0.2, 0.25) is 0 Å². The normalized spacial score (nSPS) is 10.9. The van der Waals surface area contributed by atoms with Gasteiger partial charge in [-0.05, 0) is 23.1 Å². The van der Waals surface area contributed by atoms with Crippen molar-refractivity contribution in [1.82, 2.24) is 10.4 Å². The Labute approximate surface area is 102 Å². The second-order valence-electron chi connectivity index (χ2n) is 3.32. The number of aromatic nitrogens is 1. The zero-order valence-corrected chi connectivity index (χ0v) is 9.48. The van der Waals surface area contributed by atoms with Crippen molar-refractivity contribution in [3.8, 4) is 0 Å². The molecule has 17 heavy (non-hydrogen) atoms. The Bertz CT molecular complexity index is 597. The molecular weight excluding hydrogens is 240 g/mol. The first kappa shape index (κ1) is 11.3. The minimum absolute atomic E-state index is 0.459. The Morgan fingerprint density at radius 3 is 3.06 bits per heavy atom. The Balaban J connectivity index is 2.32. The summed E-state index contributed by atoms with van der Waals surface area (Å²) < 4.78 is 0. The third-order valence-corrected chi connectivity index (χ3v) is 2.43. The van der Waals surface area contributed by atoms with Crippen LogP contribution in [0.1, 0.15) is 5.56 Å². The number of primary amides is 1. The number of carbonyl (C=O) groups is 1. The number of fused-ring (bicyclic) bond motifs is 1. The van der Waals surface area contributed by atoms with Crippen LogP contribution in [0.3, 0.4) is 0 Å². The van der Waals surface area contributed by atoms with Crippen LogP contribution < -0.4 is 11.2 Å². The van der Waals surface area contributed by atoms with E-state index < -0.39 is 6.03 Å². The first-order valence-corrected chi connectivity index (χ1v) is 5.17. The van der Waals surface area contributed by atoms with E-state index in [1.54, 1.807) is 6.20 Å². The molecule has 2 rings (SSSR count). The predicted octanol–water partition coefficient (Wildman–Crippen LogP) is 1.89. The molecule has 0 radical (unpaired) electrons. The molecule has 0 bridgehead atoms. The van der Waals surface area contributed by atoms with E-state index in [4.69, 9.17) is 17.3 Å². The standard InChI is InChI=1S/C11H9ClN4O/c12-10-9-2-1-7(6-15-16-11(13)17)5-8(9)3-4-14-10/h1-6H,(H3,13,16,17). The van der Waals surface area contributed by atoms with Gasteiger partial charge in [0.15, 0.2) is 0 Å². The number of carbonyl (C=O) groups excluding carboxylic acids is 1. The topological polar surface area (TPSA) is 80.4 Å². The highest BCUT2D eigenvalue weighted by atomic mass is 35.5. The number of benzene rings is 1. The molecule has 1 aromatic heterocycles.